The number of hydrogen-bond acceptors (Lipinski definition) is 3. The number of rotatable bonds is 5. The van der Waals surface area contributed by atoms with Gasteiger partial charge in [0.15, 0.2) is 0 Å². The van der Waals surface area contributed by atoms with E-state index in [1.54, 1.807) is 35.2 Å². The van der Waals surface area contributed by atoms with E-state index in [2.05, 4.69) is 5.32 Å². The Hall–Kier alpha value is -2.60. The van der Waals surface area contributed by atoms with E-state index < -0.39 is 0 Å². The van der Waals surface area contributed by atoms with Crippen molar-refractivity contribution in [1.29, 1.82) is 0 Å². The lowest BCUT2D eigenvalue weighted by molar-refractivity contribution is -0.125. The number of carbonyl (C=O) groups excluding carboxylic acids is 2. The van der Waals surface area contributed by atoms with Gasteiger partial charge < -0.3 is 15.0 Å². The topological polar surface area (TPSA) is 58.6 Å². The highest BCUT2D eigenvalue weighted by molar-refractivity contribution is 6.31. The van der Waals surface area contributed by atoms with E-state index in [1.807, 2.05) is 6.92 Å². The zero-order valence-corrected chi connectivity index (χ0v) is 15.6. The summed E-state index contributed by atoms with van der Waals surface area (Å²) in [6.07, 6.45) is -0.0341. The minimum Gasteiger partial charge on any atom is -0.487 e. The zero-order chi connectivity index (χ0) is 19.4. The minimum atomic E-state index is -0.351. The monoisotopic (exact) mass is 390 g/mol. The maximum Gasteiger partial charge on any atom is 0.227 e. The molecular weight excluding hydrogens is 371 g/mol. The number of amides is 2. The van der Waals surface area contributed by atoms with Crippen LogP contribution in [0.15, 0.2) is 42.5 Å². The lowest BCUT2D eigenvalue weighted by Crippen LogP contribution is -2.42. The molecule has 2 aromatic rings. The lowest BCUT2D eigenvalue weighted by atomic mass is 10.1. The summed E-state index contributed by atoms with van der Waals surface area (Å²) in [6.45, 7) is 2.50. The normalized spacial score (nSPS) is 15.7. The zero-order valence-electron chi connectivity index (χ0n) is 14.9. The second-order valence-electron chi connectivity index (χ2n) is 6.45. The van der Waals surface area contributed by atoms with Gasteiger partial charge in [0.2, 0.25) is 11.8 Å². The standard InChI is InChI=1S/C20H20ClFN2O3/c1-13-12-24(17-10-15(21)5-6-18(17)27-13)20(26)8-7-19(25)23-11-14-3-2-4-16(22)9-14/h2-6,9-10,13H,7-8,11-12H2,1H3,(H,23,25)/t13-/m1/s1. The molecule has 2 amide bonds. The predicted octanol–water partition coefficient (Wildman–Crippen LogP) is 3.69. The van der Waals surface area contributed by atoms with Crippen molar-refractivity contribution >= 4 is 29.1 Å². The molecule has 0 bridgehead atoms. The van der Waals surface area contributed by atoms with Gasteiger partial charge in [-0.25, -0.2) is 4.39 Å². The van der Waals surface area contributed by atoms with Crippen LogP contribution in [0.4, 0.5) is 10.1 Å². The van der Waals surface area contributed by atoms with Gasteiger partial charge in [0.25, 0.3) is 0 Å². The molecule has 0 radical (unpaired) electrons. The molecular formula is C20H20ClFN2O3. The molecule has 1 aliphatic rings. The smallest absolute Gasteiger partial charge is 0.227 e. The largest absolute Gasteiger partial charge is 0.487 e. The molecule has 0 fully saturated rings. The summed E-state index contributed by atoms with van der Waals surface area (Å²) < 4.78 is 18.9. The number of nitrogens with zero attached hydrogens (tertiary/aromatic N) is 1. The number of carbonyl (C=O) groups is 2. The SMILES string of the molecule is C[C@@H]1CN(C(=O)CCC(=O)NCc2cccc(F)c2)c2cc(Cl)ccc2O1. The maximum atomic E-state index is 13.2. The van der Waals surface area contributed by atoms with Gasteiger partial charge >= 0.3 is 0 Å². The van der Waals surface area contributed by atoms with Crippen LogP contribution in [-0.2, 0) is 16.1 Å². The number of nitrogens with one attached hydrogen (secondary N) is 1. The van der Waals surface area contributed by atoms with E-state index in [0.717, 1.165) is 0 Å². The molecule has 0 aliphatic carbocycles. The van der Waals surface area contributed by atoms with Crippen molar-refractivity contribution in [2.45, 2.75) is 32.4 Å². The Morgan fingerprint density at radius 1 is 1.26 bits per heavy atom. The van der Waals surface area contributed by atoms with E-state index in [1.165, 1.54) is 12.1 Å². The molecule has 3 rings (SSSR count). The molecule has 1 heterocycles. The Morgan fingerprint density at radius 3 is 2.85 bits per heavy atom. The lowest BCUT2D eigenvalue weighted by Gasteiger charge is -2.33. The summed E-state index contributed by atoms with van der Waals surface area (Å²) in [5.74, 6) is -0.187. The predicted molar refractivity (Wildman–Crippen MR) is 101 cm³/mol. The van der Waals surface area contributed by atoms with Crippen molar-refractivity contribution in [2.24, 2.45) is 0 Å². The Morgan fingerprint density at radius 2 is 2.07 bits per heavy atom. The van der Waals surface area contributed by atoms with Crippen LogP contribution in [0, 0.1) is 5.82 Å². The molecule has 5 nitrogen and oxygen atoms in total. The Bertz CT molecular complexity index is 859. The molecule has 0 saturated heterocycles. The molecule has 1 atom stereocenters. The summed E-state index contributed by atoms with van der Waals surface area (Å²) in [6, 6.07) is 11.1. The van der Waals surface area contributed by atoms with Crippen LogP contribution in [0.1, 0.15) is 25.3 Å². The van der Waals surface area contributed by atoms with Gasteiger partial charge in [-0.3, -0.25) is 9.59 Å². The first-order chi connectivity index (χ1) is 12.9. The molecule has 27 heavy (non-hydrogen) atoms. The third-order valence-corrected chi connectivity index (χ3v) is 4.46. The van der Waals surface area contributed by atoms with Gasteiger partial charge in [-0.1, -0.05) is 23.7 Å². The maximum absolute atomic E-state index is 13.2. The number of ether oxygens (including phenoxy) is 1. The van der Waals surface area contributed by atoms with Gasteiger partial charge in [-0.2, -0.15) is 0 Å². The third-order valence-electron chi connectivity index (χ3n) is 4.23. The van der Waals surface area contributed by atoms with Crippen molar-refractivity contribution in [3.05, 3.63) is 58.9 Å². The molecule has 1 N–H and O–H groups in total. The van der Waals surface area contributed by atoms with E-state index in [4.69, 9.17) is 16.3 Å². The van der Waals surface area contributed by atoms with Crippen LogP contribution in [0.5, 0.6) is 5.75 Å². The first-order valence-corrected chi connectivity index (χ1v) is 9.08. The van der Waals surface area contributed by atoms with E-state index in [-0.39, 0.29) is 43.1 Å². The van der Waals surface area contributed by atoms with Crippen LogP contribution in [0.2, 0.25) is 5.02 Å². The number of hydrogen-bond donors (Lipinski definition) is 1. The summed E-state index contributed by atoms with van der Waals surface area (Å²) in [5.41, 5.74) is 1.28. The molecule has 142 valence electrons. The minimum absolute atomic E-state index is 0.0514. The third kappa shape index (κ3) is 4.98. The quantitative estimate of drug-likeness (QED) is 0.847. The molecule has 7 heteroatoms. The molecule has 0 unspecified atom stereocenters. The Balaban J connectivity index is 1.56. The van der Waals surface area contributed by atoms with Crippen LogP contribution in [-0.4, -0.2) is 24.5 Å². The summed E-state index contributed by atoms with van der Waals surface area (Å²) in [4.78, 5) is 26.3. The van der Waals surface area contributed by atoms with Crippen molar-refractivity contribution in [1.82, 2.24) is 5.32 Å². The van der Waals surface area contributed by atoms with Gasteiger partial charge in [0, 0.05) is 24.4 Å². The van der Waals surface area contributed by atoms with Crippen LogP contribution >= 0.6 is 11.6 Å². The molecule has 0 aromatic heterocycles. The Labute approximate surface area is 162 Å². The number of benzene rings is 2. The fourth-order valence-electron chi connectivity index (χ4n) is 2.94. The molecule has 0 saturated carbocycles. The summed E-state index contributed by atoms with van der Waals surface area (Å²) in [5, 5.41) is 3.21. The highest BCUT2D eigenvalue weighted by Crippen LogP contribution is 2.36. The number of anilines is 1. The average molecular weight is 391 g/mol. The summed E-state index contributed by atoms with van der Waals surface area (Å²) >= 11 is 6.04. The fraction of sp³-hybridized carbons (Fsp3) is 0.300. The number of halogens is 2. The second kappa shape index (κ2) is 8.39. The first-order valence-electron chi connectivity index (χ1n) is 8.70. The van der Waals surface area contributed by atoms with Crippen molar-refractivity contribution in [3.8, 4) is 5.75 Å². The van der Waals surface area contributed by atoms with Crippen molar-refractivity contribution in [2.75, 3.05) is 11.4 Å². The van der Waals surface area contributed by atoms with Gasteiger partial charge in [-0.15, -0.1) is 0 Å². The first kappa shape index (κ1) is 19.2. The highest BCUT2D eigenvalue weighted by Gasteiger charge is 2.27. The molecule has 0 spiro atoms. The number of fused-ring (bicyclic) bond motifs is 1. The molecule has 1 aliphatic heterocycles. The summed E-state index contributed by atoms with van der Waals surface area (Å²) in [7, 11) is 0. The van der Waals surface area contributed by atoms with Crippen LogP contribution in [0.25, 0.3) is 0 Å². The van der Waals surface area contributed by atoms with Gasteiger partial charge in [0.1, 0.15) is 17.7 Å². The fourth-order valence-corrected chi connectivity index (χ4v) is 3.10. The van der Waals surface area contributed by atoms with Crippen molar-refractivity contribution < 1.29 is 18.7 Å². The van der Waals surface area contributed by atoms with Crippen LogP contribution < -0.4 is 15.0 Å². The van der Waals surface area contributed by atoms with Crippen LogP contribution in [0.3, 0.4) is 0 Å². The molecule has 2 aromatic carbocycles. The van der Waals surface area contributed by atoms with E-state index >= 15 is 0 Å². The highest BCUT2D eigenvalue weighted by atomic mass is 35.5. The average Bonchev–Trinajstić information content (AvgIpc) is 2.64. The van der Waals surface area contributed by atoms with Gasteiger partial charge in [0.05, 0.1) is 12.2 Å². The van der Waals surface area contributed by atoms with Gasteiger partial charge in [-0.05, 0) is 42.8 Å². The second-order valence-corrected chi connectivity index (χ2v) is 6.89. The van der Waals surface area contributed by atoms with Crippen molar-refractivity contribution in [3.63, 3.8) is 0 Å². The Kier molecular flexibility index (Phi) is 5.96. The van der Waals surface area contributed by atoms with E-state index in [9.17, 15) is 14.0 Å². The van der Waals surface area contributed by atoms with E-state index in [0.29, 0.717) is 28.6 Å².